The molecule has 0 amide bonds. The smallest absolute Gasteiger partial charge is 0.321 e. The molecule has 0 heterocycles. The molecule has 0 aliphatic rings. The van der Waals surface area contributed by atoms with Crippen molar-refractivity contribution in [3.63, 3.8) is 0 Å². The first-order valence-electron chi connectivity index (χ1n) is 3.22. The molecule has 0 saturated heterocycles. The quantitative estimate of drug-likeness (QED) is 0.429. The molecule has 8 nitrogen and oxygen atoms in total. The second-order valence-corrected chi connectivity index (χ2v) is 1.74. The molecule has 0 atom stereocenters. The number of carbonyl (C=O) groups is 3. The predicted octanol–water partition coefficient (Wildman–Crippen LogP) is -1.06. The molecular weight excluding hydrogens is 196 g/mol. The van der Waals surface area contributed by atoms with E-state index in [1.807, 2.05) is 0 Å². The van der Waals surface area contributed by atoms with Crippen LogP contribution in [0, 0.1) is 0 Å². The van der Waals surface area contributed by atoms with Gasteiger partial charge < -0.3 is 14.8 Å². The standard InChI is InChI=1S/2C2H5NO2.C2H4O2/c2*1-2(4)5-3;1-2(3)4/h2*3H2,1H3;1H3,(H,3,4). The molecule has 0 rings (SSSR count). The third kappa shape index (κ3) is 166. The van der Waals surface area contributed by atoms with E-state index in [9.17, 15) is 9.59 Å². The minimum atomic E-state index is -0.833. The van der Waals surface area contributed by atoms with Crippen molar-refractivity contribution in [3.05, 3.63) is 0 Å². The average Bonchev–Trinajstić information content (AvgIpc) is 2.04. The molecule has 0 aliphatic carbocycles. The van der Waals surface area contributed by atoms with Crippen molar-refractivity contribution in [1.82, 2.24) is 0 Å². The Morgan fingerprint density at radius 1 is 0.929 bits per heavy atom. The molecule has 0 aromatic carbocycles. The fourth-order valence-electron chi connectivity index (χ4n) is 0. The van der Waals surface area contributed by atoms with Crippen molar-refractivity contribution >= 4 is 17.9 Å². The van der Waals surface area contributed by atoms with Gasteiger partial charge in [-0.3, -0.25) is 14.4 Å². The van der Waals surface area contributed by atoms with E-state index in [-0.39, 0.29) is 0 Å². The third-order valence-corrected chi connectivity index (χ3v) is 0.332. The summed E-state index contributed by atoms with van der Waals surface area (Å²) in [6.07, 6.45) is 0. The number of carbonyl (C=O) groups excluding carboxylic acids is 2. The number of hydrogen-bond acceptors (Lipinski definition) is 7. The summed E-state index contributed by atoms with van der Waals surface area (Å²) < 4.78 is 0. The lowest BCUT2D eigenvalue weighted by atomic mass is 10.8. The molecule has 0 bridgehead atoms. The van der Waals surface area contributed by atoms with Crippen LogP contribution in [0.2, 0.25) is 0 Å². The van der Waals surface area contributed by atoms with E-state index in [4.69, 9.17) is 9.90 Å². The van der Waals surface area contributed by atoms with E-state index in [1.165, 1.54) is 13.8 Å². The molecule has 0 unspecified atom stereocenters. The number of nitrogens with two attached hydrogens (primary N) is 2. The highest BCUT2D eigenvalue weighted by atomic mass is 16.7. The van der Waals surface area contributed by atoms with E-state index in [1.54, 1.807) is 0 Å². The predicted molar refractivity (Wildman–Crippen MR) is 45.2 cm³/mol. The summed E-state index contributed by atoms with van der Waals surface area (Å²) in [5.74, 6) is 6.88. The highest BCUT2D eigenvalue weighted by Crippen LogP contribution is 1.55. The molecule has 0 fully saturated rings. The molecule has 8 heteroatoms. The molecule has 0 aromatic rings. The van der Waals surface area contributed by atoms with Gasteiger partial charge in [0.2, 0.25) is 0 Å². The van der Waals surface area contributed by atoms with Crippen LogP contribution in [0.5, 0.6) is 0 Å². The minimum absolute atomic E-state index is 0.468. The monoisotopic (exact) mass is 210 g/mol. The second-order valence-electron chi connectivity index (χ2n) is 1.74. The summed E-state index contributed by atoms with van der Waals surface area (Å²) in [6.45, 7) is 3.56. The van der Waals surface area contributed by atoms with Crippen LogP contribution < -0.4 is 11.8 Å². The maximum Gasteiger partial charge on any atom is 0.321 e. The van der Waals surface area contributed by atoms with Crippen LogP contribution in [-0.2, 0) is 24.1 Å². The first-order valence-corrected chi connectivity index (χ1v) is 3.22. The molecule has 84 valence electrons. The van der Waals surface area contributed by atoms with Gasteiger partial charge in [0.05, 0.1) is 0 Å². The Kier molecular flexibility index (Phi) is 18.0. The van der Waals surface area contributed by atoms with Crippen molar-refractivity contribution in [2.24, 2.45) is 11.8 Å². The van der Waals surface area contributed by atoms with Crippen LogP contribution in [0.25, 0.3) is 0 Å². The first kappa shape index (κ1) is 18.2. The second kappa shape index (κ2) is 13.9. The lowest BCUT2D eigenvalue weighted by molar-refractivity contribution is -0.142. The lowest BCUT2D eigenvalue weighted by Crippen LogP contribution is -2.03. The van der Waals surface area contributed by atoms with Gasteiger partial charge in [-0.2, -0.15) is 11.8 Å². The molecule has 0 aliphatic heterocycles. The summed E-state index contributed by atoms with van der Waals surface area (Å²) in [5, 5.41) is 7.42. The summed E-state index contributed by atoms with van der Waals surface area (Å²) in [4.78, 5) is 35.2. The molecule has 0 radical (unpaired) electrons. The Bertz CT molecular complexity index is 163. The fourth-order valence-corrected chi connectivity index (χ4v) is 0. The Labute approximate surface area is 80.7 Å². The van der Waals surface area contributed by atoms with Crippen molar-refractivity contribution in [2.75, 3.05) is 0 Å². The van der Waals surface area contributed by atoms with Crippen molar-refractivity contribution in [2.45, 2.75) is 20.8 Å². The van der Waals surface area contributed by atoms with Gasteiger partial charge in [-0.1, -0.05) is 0 Å². The normalized spacial score (nSPS) is 6.64. The first-order chi connectivity index (χ1) is 6.27. The van der Waals surface area contributed by atoms with E-state index in [0.29, 0.717) is 0 Å². The fraction of sp³-hybridized carbons (Fsp3) is 0.500. The Hall–Kier alpha value is -1.67. The zero-order chi connectivity index (χ0) is 12.1. The number of carboxylic acids is 1. The largest absolute Gasteiger partial charge is 0.481 e. The highest BCUT2D eigenvalue weighted by Gasteiger charge is 1.77. The van der Waals surface area contributed by atoms with Crippen LogP contribution in [0.1, 0.15) is 20.8 Å². The van der Waals surface area contributed by atoms with Gasteiger partial charge in [-0.05, 0) is 0 Å². The van der Waals surface area contributed by atoms with Gasteiger partial charge in [0.25, 0.3) is 5.97 Å². The molecule has 0 saturated carbocycles. The van der Waals surface area contributed by atoms with Gasteiger partial charge in [0, 0.05) is 20.8 Å². The molecule has 5 N–H and O–H groups in total. The zero-order valence-corrected chi connectivity index (χ0v) is 8.14. The van der Waals surface area contributed by atoms with Crippen LogP contribution >= 0.6 is 0 Å². The number of carboxylic acid groups (broad SMARTS) is 1. The zero-order valence-electron chi connectivity index (χ0n) is 8.14. The lowest BCUT2D eigenvalue weighted by Gasteiger charge is -1.79. The summed E-state index contributed by atoms with van der Waals surface area (Å²) in [6, 6.07) is 0. The SMILES string of the molecule is CC(=O)O.CC(=O)ON.CC(=O)ON. The van der Waals surface area contributed by atoms with Crippen LogP contribution in [0.3, 0.4) is 0 Å². The number of aliphatic carboxylic acids is 1. The molecule has 0 spiro atoms. The van der Waals surface area contributed by atoms with Gasteiger partial charge >= 0.3 is 11.9 Å². The Morgan fingerprint density at radius 3 is 1.00 bits per heavy atom. The van der Waals surface area contributed by atoms with Crippen molar-refractivity contribution in [3.8, 4) is 0 Å². The Balaban J connectivity index is -0.000000131. The number of hydrogen-bond donors (Lipinski definition) is 3. The maximum atomic E-state index is 9.47. The van der Waals surface area contributed by atoms with Crippen LogP contribution in [0.4, 0.5) is 0 Å². The Morgan fingerprint density at radius 2 is 1.00 bits per heavy atom. The minimum Gasteiger partial charge on any atom is -0.481 e. The summed E-state index contributed by atoms with van der Waals surface area (Å²) in [7, 11) is 0. The number of rotatable bonds is 0. The maximum absolute atomic E-state index is 9.47. The van der Waals surface area contributed by atoms with Gasteiger partial charge in [-0.15, -0.1) is 0 Å². The van der Waals surface area contributed by atoms with Crippen molar-refractivity contribution < 1.29 is 29.2 Å². The average molecular weight is 210 g/mol. The summed E-state index contributed by atoms with van der Waals surface area (Å²) in [5.41, 5.74) is 0. The molecule has 0 aromatic heterocycles. The van der Waals surface area contributed by atoms with E-state index in [0.717, 1.165) is 6.92 Å². The highest BCUT2D eigenvalue weighted by molar-refractivity contribution is 5.65. The van der Waals surface area contributed by atoms with Gasteiger partial charge in [-0.25, -0.2) is 0 Å². The van der Waals surface area contributed by atoms with Crippen LogP contribution in [-0.4, -0.2) is 23.0 Å². The molecular formula is C6H14N2O6. The molecule has 14 heavy (non-hydrogen) atoms. The van der Waals surface area contributed by atoms with Crippen LogP contribution in [0.15, 0.2) is 0 Å². The van der Waals surface area contributed by atoms with Gasteiger partial charge in [0.15, 0.2) is 0 Å². The van der Waals surface area contributed by atoms with E-state index in [2.05, 4.69) is 21.5 Å². The van der Waals surface area contributed by atoms with E-state index >= 15 is 0 Å². The van der Waals surface area contributed by atoms with Gasteiger partial charge in [0.1, 0.15) is 0 Å². The van der Waals surface area contributed by atoms with E-state index < -0.39 is 17.9 Å². The summed E-state index contributed by atoms with van der Waals surface area (Å²) >= 11 is 0. The topological polar surface area (TPSA) is 142 Å². The third-order valence-electron chi connectivity index (χ3n) is 0.332. The van der Waals surface area contributed by atoms with Crippen molar-refractivity contribution in [1.29, 1.82) is 0 Å².